The molecule has 108 valence electrons. The SMILES string of the molecule is O=C(COCC1CC1)N[C@@H](Cc1ccccc1)C(=O)O. The zero-order valence-electron chi connectivity index (χ0n) is 11.2. The molecule has 1 aromatic carbocycles. The summed E-state index contributed by atoms with van der Waals surface area (Å²) in [4.78, 5) is 22.8. The zero-order valence-corrected chi connectivity index (χ0v) is 11.2. The van der Waals surface area contributed by atoms with Crippen LogP contribution in [0.3, 0.4) is 0 Å². The molecule has 0 unspecified atom stereocenters. The van der Waals surface area contributed by atoms with Gasteiger partial charge in [0.25, 0.3) is 0 Å². The Balaban J connectivity index is 1.78. The molecule has 1 aliphatic rings. The van der Waals surface area contributed by atoms with Crippen molar-refractivity contribution in [1.82, 2.24) is 5.32 Å². The van der Waals surface area contributed by atoms with Gasteiger partial charge in [-0.05, 0) is 24.3 Å². The number of hydrogen-bond donors (Lipinski definition) is 2. The maximum Gasteiger partial charge on any atom is 0.326 e. The van der Waals surface area contributed by atoms with E-state index in [2.05, 4.69) is 5.32 Å². The molecule has 1 aliphatic carbocycles. The number of rotatable bonds is 8. The topological polar surface area (TPSA) is 75.6 Å². The summed E-state index contributed by atoms with van der Waals surface area (Å²) >= 11 is 0. The average molecular weight is 277 g/mol. The molecule has 5 heteroatoms. The second-order valence-electron chi connectivity index (χ2n) is 5.11. The van der Waals surface area contributed by atoms with Crippen LogP contribution in [0.4, 0.5) is 0 Å². The highest BCUT2D eigenvalue weighted by atomic mass is 16.5. The number of carboxylic acid groups (broad SMARTS) is 1. The van der Waals surface area contributed by atoms with E-state index in [9.17, 15) is 9.59 Å². The lowest BCUT2D eigenvalue weighted by molar-refractivity contribution is -0.142. The average Bonchev–Trinajstić information content (AvgIpc) is 3.23. The number of carbonyl (C=O) groups is 2. The van der Waals surface area contributed by atoms with E-state index in [-0.39, 0.29) is 18.9 Å². The highest BCUT2D eigenvalue weighted by Crippen LogP contribution is 2.28. The fraction of sp³-hybridized carbons (Fsp3) is 0.467. The molecular formula is C15H19NO4. The Morgan fingerprint density at radius 3 is 2.60 bits per heavy atom. The fourth-order valence-corrected chi connectivity index (χ4v) is 1.89. The molecule has 0 spiro atoms. The number of carbonyl (C=O) groups excluding carboxylic acids is 1. The van der Waals surface area contributed by atoms with Gasteiger partial charge in [0.15, 0.2) is 0 Å². The third kappa shape index (κ3) is 5.01. The van der Waals surface area contributed by atoms with Crippen LogP contribution in [0.15, 0.2) is 30.3 Å². The van der Waals surface area contributed by atoms with E-state index in [4.69, 9.17) is 9.84 Å². The molecule has 2 N–H and O–H groups in total. The number of benzene rings is 1. The maximum atomic E-state index is 11.7. The number of carboxylic acids is 1. The summed E-state index contributed by atoms with van der Waals surface area (Å²) in [6, 6.07) is 8.30. The second-order valence-corrected chi connectivity index (χ2v) is 5.11. The van der Waals surface area contributed by atoms with Gasteiger partial charge in [0.1, 0.15) is 12.6 Å². The third-order valence-corrected chi connectivity index (χ3v) is 3.20. The number of ether oxygens (including phenoxy) is 1. The van der Waals surface area contributed by atoms with Crippen molar-refractivity contribution in [1.29, 1.82) is 0 Å². The van der Waals surface area contributed by atoms with Crippen LogP contribution in [0, 0.1) is 5.92 Å². The Labute approximate surface area is 117 Å². The van der Waals surface area contributed by atoms with Crippen molar-refractivity contribution >= 4 is 11.9 Å². The Kier molecular flexibility index (Phi) is 5.12. The molecule has 0 radical (unpaired) electrons. The first-order valence-corrected chi connectivity index (χ1v) is 6.79. The number of aliphatic carboxylic acids is 1. The largest absolute Gasteiger partial charge is 0.480 e. The predicted octanol–water partition coefficient (Wildman–Crippen LogP) is 1.23. The molecule has 0 aromatic heterocycles. The molecule has 0 bridgehead atoms. The summed E-state index contributed by atoms with van der Waals surface area (Å²) in [7, 11) is 0. The Morgan fingerprint density at radius 1 is 1.30 bits per heavy atom. The molecule has 20 heavy (non-hydrogen) atoms. The van der Waals surface area contributed by atoms with Gasteiger partial charge in [-0.15, -0.1) is 0 Å². The normalized spacial score (nSPS) is 15.6. The molecular weight excluding hydrogens is 258 g/mol. The lowest BCUT2D eigenvalue weighted by Gasteiger charge is -2.14. The van der Waals surface area contributed by atoms with Crippen LogP contribution in [-0.4, -0.2) is 36.2 Å². The number of nitrogens with one attached hydrogen (secondary N) is 1. The third-order valence-electron chi connectivity index (χ3n) is 3.20. The quantitative estimate of drug-likeness (QED) is 0.749. The Bertz CT molecular complexity index is 456. The Morgan fingerprint density at radius 2 is 2.00 bits per heavy atom. The summed E-state index contributed by atoms with van der Waals surface area (Å²) in [6.07, 6.45) is 2.59. The molecule has 0 saturated heterocycles. The van der Waals surface area contributed by atoms with E-state index in [0.29, 0.717) is 12.5 Å². The molecule has 2 rings (SSSR count). The lowest BCUT2D eigenvalue weighted by atomic mass is 10.1. The summed E-state index contributed by atoms with van der Waals surface area (Å²) in [5, 5.41) is 11.6. The molecule has 1 amide bonds. The minimum atomic E-state index is -1.04. The molecule has 0 heterocycles. The van der Waals surface area contributed by atoms with Gasteiger partial charge >= 0.3 is 5.97 Å². The van der Waals surface area contributed by atoms with Crippen molar-refractivity contribution in [2.24, 2.45) is 5.92 Å². The van der Waals surface area contributed by atoms with Crippen LogP contribution in [-0.2, 0) is 20.7 Å². The Hall–Kier alpha value is -1.88. The van der Waals surface area contributed by atoms with Crippen molar-refractivity contribution in [3.63, 3.8) is 0 Å². The van der Waals surface area contributed by atoms with Crippen molar-refractivity contribution < 1.29 is 19.4 Å². The van der Waals surface area contributed by atoms with Crippen LogP contribution >= 0.6 is 0 Å². The maximum absolute atomic E-state index is 11.7. The highest BCUT2D eigenvalue weighted by Gasteiger charge is 2.23. The van der Waals surface area contributed by atoms with Crippen molar-refractivity contribution in [2.75, 3.05) is 13.2 Å². The van der Waals surface area contributed by atoms with Crippen molar-refractivity contribution in [3.8, 4) is 0 Å². The number of hydrogen-bond acceptors (Lipinski definition) is 3. The highest BCUT2D eigenvalue weighted by molar-refractivity contribution is 5.84. The van der Waals surface area contributed by atoms with E-state index in [1.807, 2.05) is 30.3 Å². The molecule has 1 aromatic rings. The van der Waals surface area contributed by atoms with Gasteiger partial charge in [-0.1, -0.05) is 30.3 Å². The van der Waals surface area contributed by atoms with Crippen LogP contribution in [0.1, 0.15) is 18.4 Å². The van der Waals surface area contributed by atoms with Gasteiger partial charge in [-0.25, -0.2) is 4.79 Å². The van der Waals surface area contributed by atoms with Gasteiger partial charge in [0.2, 0.25) is 5.91 Å². The van der Waals surface area contributed by atoms with Crippen LogP contribution < -0.4 is 5.32 Å². The zero-order chi connectivity index (χ0) is 14.4. The van der Waals surface area contributed by atoms with Gasteiger partial charge in [0, 0.05) is 6.42 Å². The summed E-state index contributed by atoms with van der Waals surface area (Å²) in [6.45, 7) is 0.513. The first kappa shape index (κ1) is 14.5. The van der Waals surface area contributed by atoms with E-state index in [0.717, 1.165) is 18.4 Å². The first-order chi connectivity index (χ1) is 9.65. The van der Waals surface area contributed by atoms with E-state index >= 15 is 0 Å². The van der Waals surface area contributed by atoms with Gasteiger partial charge in [-0.3, -0.25) is 4.79 Å². The van der Waals surface area contributed by atoms with Gasteiger partial charge in [-0.2, -0.15) is 0 Å². The monoisotopic (exact) mass is 277 g/mol. The van der Waals surface area contributed by atoms with Gasteiger partial charge < -0.3 is 15.2 Å². The van der Waals surface area contributed by atoms with Crippen LogP contribution in [0.25, 0.3) is 0 Å². The van der Waals surface area contributed by atoms with E-state index in [1.165, 1.54) is 0 Å². The smallest absolute Gasteiger partial charge is 0.326 e. The molecule has 1 saturated carbocycles. The van der Waals surface area contributed by atoms with E-state index in [1.54, 1.807) is 0 Å². The molecule has 1 atom stereocenters. The second kappa shape index (κ2) is 7.05. The van der Waals surface area contributed by atoms with Gasteiger partial charge in [0.05, 0.1) is 6.61 Å². The molecule has 1 fully saturated rings. The first-order valence-electron chi connectivity index (χ1n) is 6.79. The summed E-state index contributed by atoms with van der Waals surface area (Å²) in [5.74, 6) is -0.833. The summed E-state index contributed by atoms with van der Waals surface area (Å²) in [5.41, 5.74) is 0.874. The minimum absolute atomic E-state index is 0.0743. The molecule has 5 nitrogen and oxygen atoms in total. The fourth-order valence-electron chi connectivity index (χ4n) is 1.89. The van der Waals surface area contributed by atoms with Crippen molar-refractivity contribution in [2.45, 2.75) is 25.3 Å². The number of amides is 1. The molecule has 0 aliphatic heterocycles. The standard InChI is InChI=1S/C15H19NO4/c17-14(10-20-9-12-6-7-12)16-13(15(18)19)8-11-4-2-1-3-5-11/h1-5,12-13H,6-10H2,(H,16,17)(H,18,19)/t13-/m0/s1. The van der Waals surface area contributed by atoms with Crippen molar-refractivity contribution in [3.05, 3.63) is 35.9 Å². The minimum Gasteiger partial charge on any atom is -0.480 e. The lowest BCUT2D eigenvalue weighted by Crippen LogP contribution is -2.43. The predicted molar refractivity (Wildman–Crippen MR) is 73.3 cm³/mol. The van der Waals surface area contributed by atoms with Crippen LogP contribution in [0.5, 0.6) is 0 Å². The van der Waals surface area contributed by atoms with Crippen LogP contribution in [0.2, 0.25) is 0 Å². The van der Waals surface area contributed by atoms with E-state index < -0.39 is 12.0 Å². The summed E-state index contributed by atoms with van der Waals surface area (Å²) < 4.78 is 5.25.